The minimum absolute atomic E-state index is 0.234. The molecule has 0 aromatic heterocycles. The van der Waals surface area contributed by atoms with Gasteiger partial charge in [0.25, 0.3) is 0 Å². The van der Waals surface area contributed by atoms with Crippen LogP contribution in [-0.2, 0) is 9.53 Å². The Hall–Kier alpha value is -1.05. The summed E-state index contributed by atoms with van der Waals surface area (Å²) in [5.41, 5.74) is 1.77. The van der Waals surface area contributed by atoms with E-state index in [1.807, 2.05) is 0 Å². The Bertz CT molecular complexity index is 448. The van der Waals surface area contributed by atoms with Crippen molar-refractivity contribution in [3.05, 3.63) is 23.8 Å². The summed E-state index contributed by atoms with van der Waals surface area (Å²) in [4.78, 5) is 11.9. The van der Waals surface area contributed by atoms with Gasteiger partial charge in [0.2, 0.25) is 0 Å². The molecule has 3 aliphatic rings. The predicted octanol–water partition coefficient (Wildman–Crippen LogP) is 3.49. The van der Waals surface area contributed by atoms with Gasteiger partial charge in [-0.25, -0.2) is 4.79 Å². The normalized spacial score (nSPS) is 44.7. The van der Waals surface area contributed by atoms with Crippen LogP contribution >= 0.6 is 0 Å². The van der Waals surface area contributed by atoms with Gasteiger partial charge < -0.3 is 4.74 Å². The van der Waals surface area contributed by atoms with Crippen LogP contribution in [0.2, 0.25) is 0 Å². The molecule has 18 heavy (non-hydrogen) atoms. The summed E-state index contributed by atoms with van der Waals surface area (Å²) in [6, 6.07) is 0. The van der Waals surface area contributed by atoms with Crippen LogP contribution in [0.3, 0.4) is 0 Å². The highest BCUT2D eigenvalue weighted by Crippen LogP contribution is 2.60. The molecule has 0 aromatic carbocycles. The molecule has 2 fully saturated rings. The summed E-state index contributed by atoms with van der Waals surface area (Å²) in [5, 5.41) is 0. The number of carbonyl (C=O) groups is 1. The number of esters is 1. The molecule has 2 bridgehead atoms. The van der Waals surface area contributed by atoms with Crippen LogP contribution in [0.1, 0.15) is 40.0 Å². The lowest BCUT2D eigenvalue weighted by atomic mass is 9.68. The van der Waals surface area contributed by atoms with Gasteiger partial charge in [0, 0.05) is 11.5 Å². The molecule has 3 rings (SSSR count). The molecule has 2 heteroatoms. The lowest BCUT2D eigenvalue weighted by molar-refractivity contribution is -0.163. The fraction of sp³-hybridized carbons (Fsp3) is 0.688. The molecule has 0 saturated heterocycles. The molecular formula is C16H22O2. The molecule has 0 spiro atoms. The average molecular weight is 246 g/mol. The first-order chi connectivity index (χ1) is 8.41. The van der Waals surface area contributed by atoms with E-state index in [0.717, 1.165) is 11.8 Å². The number of fused-ring (bicyclic) bond motifs is 1. The summed E-state index contributed by atoms with van der Waals surface area (Å²) < 4.78 is 5.85. The Balaban J connectivity index is 1.90. The average Bonchev–Trinajstić information content (AvgIpc) is 2.59. The zero-order valence-corrected chi connectivity index (χ0v) is 11.5. The molecular weight excluding hydrogens is 224 g/mol. The van der Waals surface area contributed by atoms with Gasteiger partial charge in [-0.2, -0.15) is 0 Å². The smallest absolute Gasteiger partial charge is 0.333 e. The topological polar surface area (TPSA) is 26.3 Å². The molecule has 3 aliphatic carbocycles. The first-order valence-corrected chi connectivity index (χ1v) is 7.01. The quantitative estimate of drug-likeness (QED) is 0.423. The van der Waals surface area contributed by atoms with E-state index < -0.39 is 0 Å². The van der Waals surface area contributed by atoms with Gasteiger partial charge in [0.05, 0.1) is 0 Å². The molecule has 0 heterocycles. The van der Waals surface area contributed by atoms with Crippen LogP contribution in [0, 0.1) is 23.7 Å². The number of ether oxygens (including phenoxy) is 1. The van der Waals surface area contributed by atoms with Gasteiger partial charge in [0.15, 0.2) is 0 Å². The van der Waals surface area contributed by atoms with E-state index in [4.69, 9.17) is 4.74 Å². The largest absolute Gasteiger partial charge is 0.455 e. The molecule has 2 nitrogen and oxygen atoms in total. The highest BCUT2D eigenvalue weighted by atomic mass is 16.6. The SMILES string of the molecule is C=C(C)C(=O)OC1(C)C(C)C=C2CC3CC1CC23. The van der Waals surface area contributed by atoms with Gasteiger partial charge in [0.1, 0.15) is 5.60 Å². The number of rotatable bonds is 2. The summed E-state index contributed by atoms with van der Waals surface area (Å²) in [6.45, 7) is 9.72. The van der Waals surface area contributed by atoms with Gasteiger partial charge in [-0.15, -0.1) is 0 Å². The van der Waals surface area contributed by atoms with Crippen molar-refractivity contribution in [1.82, 2.24) is 0 Å². The van der Waals surface area contributed by atoms with Crippen LogP contribution in [0.15, 0.2) is 23.8 Å². The van der Waals surface area contributed by atoms with Crippen molar-refractivity contribution < 1.29 is 9.53 Å². The monoisotopic (exact) mass is 246 g/mol. The standard InChI is InChI=1S/C16H22O2/c1-9(2)15(17)18-16(4)10(3)5-11-6-12-7-13(16)8-14(11)12/h5,10,12-14H,1,6-8H2,2-4H3. The van der Waals surface area contributed by atoms with Crippen molar-refractivity contribution in [2.75, 3.05) is 0 Å². The zero-order valence-electron chi connectivity index (χ0n) is 11.5. The van der Waals surface area contributed by atoms with Crippen LogP contribution in [0.4, 0.5) is 0 Å². The number of hydrogen-bond donors (Lipinski definition) is 0. The second-order valence-electron chi connectivity index (χ2n) is 6.62. The lowest BCUT2D eigenvalue weighted by Crippen LogP contribution is -2.44. The van der Waals surface area contributed by atoms with Crippen LogP contribution in [-0.4, -0.2) is 11.6 Å². The Morgan fingerprint density at radius 3 is 2.89 bits per heavy atom. The minimum Gasteiger partial charge on any atom is -0.455 e. The maximum absolute atomic E-state index is 11.9. The molecule has 0 aromatic rings. The summed E-state index contributed by atoms with van der Waals surface area (Å²) in [6.07, 6.45) is 6.09. The van der Waals surface area contributed by atoms with E-state index in [2.05, 4.69) is 26.5 Å². The van der Waals surface area contributed by atoms with Gasteiger partial charge in [-0.3, -0.25) is 0 Å². The lowest BCUT2D eigenvalue weighted by Gasteiger charge is -2.41. The Kier molecular flexibility index (Phi) is 2.48. The first-order valence-electron chi connectivity index (χ1n) is 7.01. The molecule has 98 valence electrons. The molecule has 0 amide bonds. The van der Waals surface area contributed by atoms with E-state index in [1.165, 1.54) is 19.3 Å². The van der Waals surface area contributed by atoms with E-state index in [-0.39, 0.29) is 11.6 Å². The molecule has 0 N–H and O–H groups in total. The van der Waals surface area contributed by atoms with Crippen molar-refractivity contribution >= 4 is 5.97 Å². The number of carbonyl (C=O) groups excluding carboxylic acids is 1. The van der Waals surface area contributed by atoms with E-state index in [1.54, 1.807) is 12.5 Å². The fourth-order valence-electron chi connectivity index (χ4n) is 4.08. The second kappa shape index (κ2) is 3.72. The van der Waals surface area contributed by atoms with Gasteiger partial charge >= 0.3 is 5.97 Å². The summed E-state index contributed by atoms with van der Waals surface area (Å²) >= 11 is 0. The zero-order chi connectivity index (χ0) is 13.1. The van der Waals surface area contributed by atoms with E-state index in [9.17, 15) is 4.79 Å². The Morgan fingerprint density at radius 2 is 2.22 bits per heavy atom. The third kappa shape index (κ3) is 1.51. The maximum atomic E-state index is 11.9. The van der Waals surface area contributed by atoms with Gasteiger partial charge in [-0.05, 0) is 50.9 Å². The van der Waals surface area contributed by atoms with E-state index in [0.29, 0.717) is 17.4 Å². The number of allylic oxidation sites excluding steroid dienone is 1. The van der Waals surface area contributed by atoms with Crippen molar-refractivity contribution in [3.63, 3.8) is 0 Å². The third-order valence-electron chi connectivity index (χ3n) is 5.51. The van der Waals surface area contributed by atoms with Gasteiger partial charge in [-0.1, -0.05) is 25.2 Å². The van der Waals surface area contributed by atoms with Crippen LogP contribution in [0.5, 0.6) is 0 Å². The van der Waals surface area contributed by atoms with Crippen molar-refractivity contribution in [3.8, 4) is 0 Å². The Labute approximate surface area is 109 Å². The summed E-state index contributed by atoms with van der Waals surface area (Å²) in [7, 11) is 0. The number of hydrogen-bond acceptors (Lipinski definition) is 2. The fourth-order valence-corrected chi connectivity index (χ4v) is 4.08. The van der Waals surface area contributed by atoms with Crippen LogP contribution in [0.25, 0.3) is 0 Å². The molecule has 5 atom stereocenters. The minimum atomic E-state index is -0.342. The van der Waals surface area contributed by atoms with Crippen molar-refractivity contribution in [2.24, 2.45) is 23.7 Å². The molecule has 0 aliphatic heterocycles. The second-order valence-corrected chi connectivity index (χ2v) is 6.62. The predicted molar refractivity (Wildman–Crippen MR) is 70.9 cm³/mol. The van der Waals surface area contributed by atoms with Crippen LogP contribution < -0.4 is 0 Å². The van der Waals surface area contributed by atoms with Crippen molar-refractivity contribution in [2.45, 2.75) is 45.6 Å². The molecule has 0 radical (unpaired) electrons. The van der Waals surface area contributed by atoms with Crippen molar-refractivity contribution in [1.29, 1.82) is 0 Å². The van der Waals surface area contributed by atoms with E-state index >= 15 is 0 Å². The first kappa shape index (κ1) is 12.0. The highest BCUT2D eigenvalue weighted by molar-refractivity contribution is 5.87. The maximum Gasteiger partial charge on any atom is 0.333 e. The Morgan fingerprint density at radius 1 is 1.50 bits per heavy atom. The highest BCUT2D eigenvalue weighted by Gasteiger charge is 2.55. The third-order valence-corrected chi connectivity index (χ3v) is 5.51. The molecule has 5 unspecified atom stereocenters. The molecule has 2 saturated carbocycles. The summed E-state index contributed by atoms with van der Waals surface area (Å²) in [5.74, 6) is 2.25.